The summed E-state index contributed by atoms with van der Waals surface area (Å²) in [5.74, 6) is -0.886. The lowest BCUT2D eigenvalue weighted by Gasteiger charge is -2.54. The second-order valence-corrected chi connectivity index (χ2v) is 6.98. The van der Waals surface area contributed by atoms with E-state index in [9.17, 15) is 9.59 Å². The molecule has 0 unspecified atom stereocenters. The predicted octanol–water partition coefficient (Wildman–Crippen LogP) is 2.87. The molecule has 0 amide bonds. The SMILES string of the molecule is CCOC(=O)C=CN1C(C)(C)CC(OC(=O)CCl)CC1(C)C. The number of ether oxygens (including phenoxy) is 2. The maximum Gasteiger partial charge on any atom is 0.332 e. The van der Waals surface area contributed by atoms with Crippen LogP contribution in [0.15, 0.2) is 12.3 Å². The summed E-state index contributed by atoms with van der Waals surface area (Å²) in [5.41, 5.74) is -0.524. The molecule has 0 saturated carbocycles. The van der Waals surface area contributed by atoms with Crippen molar-refractivity contribution >= 4 is 23.5 Å². The Morgan fingerprint density at radius 2 is 1.77 bits per heavy atom. The summed E-state index contributed by atoms with van der Waals surface area (Å²) in [6, 6.07) is 0. The van der Waals surface area contributed by atoms with Crippen molar-refractivity contribution in [2.24, 2.45) is 0 Å². The molecule has 0 aliphatic carbocycles. The van der Waals surface area contributed by atoms with Crippen LogP contribution in [0.5, 0.6) is 0 Å². The van der Waals surface area contributed by atoms with Crippen LogP contribution in [0.4, 0.5) is 0 Å². The van der Waals surface area contributed by atoms with Gasteiger partial charge in [0.05, 0.1) is 6.61 Å². The Hall–Kier alpha value is -1.23. The maximum atomic E-state index is 11.5. The summed E-state index contributed by atoms with van der Waals surface area (Å²) >= 11 is 5.51. The van der Waals surface area contributed by atoms with E-state index in [1.54, 1.807) is 13.1 Å². The Morgan fingerprint density at radius 1 is 1.23 bits per heavy atom. The van der Waals surface area contributed by atoms with Gasteiger partial charge in [0.25, 0.3) is 0 Å². The highest BCUT2D eigenvalue weighted by molar-refractivity contribution is 6.26. The minimum atomic E-state index is -0.395. The van der Waals surface area contributed by atoms with Gasteiger partial charge in [-0.05, 0) is 34.6 Å². The van der Waals surface area contributed by atoms with E-state index in [4.69, 9.17) is 21.1 Å². The molecule has 5 nitrogen and oxygen atoms in total. The summed E-state index contributed by atoms with van der Waals surface area (Å²) in [4.78, 5) is 25.1. The number of esters is 2. The molecule has 1 saturated heterocycles. The highest BCUT2D eigenvalue weighted by Crippen LogP contribution is 2.39. The first-order valence-electron chi connectivity index (χ1n) is 7.52. The fourth-order valence-corrected chi connectivity index (χ4v) is 3.30. The molecular formula is C16H26ClNO4. The molecule has 1 rings (SSSR count). The molecule has 0 aromatic rings. The van der Waals surface area contributed by atoms with Crippen LogP contribution in [-0.4, -0.2) is 46.5 Å². The molecule has 6 heteroatoms. The van der Waals surface area contributed by atoms with Gasteiger partial charge in [-0.2, -0.15) is 0 Å². The molecule has 22 heavy (non-hydrogen) atoms. The van der Waals surface area contributed by atoms with Crippen LogP contribution in [0, 0.1) is 0 Å². The number of carbonyl (C=O) groups is 2. The van der Waals surface area contributed by atoms with Crippen LogP contribution in [0.1, 0.15) is 47.5 Å². The number of carbonyl (C=O) groups excluding carboxylic acids is 2. The van der Waals surface area contributed by atoms with Gasteiger partial charge in [0, 0.05) is 36.2 Å². The van der Waals surface area contributed by atoms with Crippen LogP contribution in [-0.2, 0) is 19.1 Å². The molecule has 0 aromatic carbocycles. The summed E-state index contributed by atoms with van der Waals surface area (Å²) in [6.45, 7) is 10.4. The number of hydrogen-bond acceptors (Lipinski definition) is 5. The van der Waals surface area contributed by atoms with Gasteiger partial charge in [0.1, 0.15) is 12.0 Å². The van der Waals surface area contributed by atoms with Gasteiger partial charge < -0.3 is 14.4 Å². The number of likely N-dealkylation sites (tertiary alicyclic amines) is 1. The van der Waals surface area contributed by atoms with Gasteiger partial charge in [0.2, 0.25) is 0 Å². The van der Waals surface area contributed by atoms with Crippen LogP contribution in [0.2, 0.25) is 0 Å². The van der Waals surface area contributed by atoms with Gasteiger partial charge in [-0.25, -0.2) is 4.79 Å². The molecule has 0 bridgehead atoms. The molecule has 1 heterocycles. The number of piperidine rings is 1. The van der Waals surface area contributed by atoms with E-state index in [0.717, 1.165) is 0 Å². The first-order chi connectivity index (χ1) is 10.1. The van der Waals surface area contributed by atoms with E-state index in [1.807, 2.05) is 0 Å². The molecule has 0 atom stereocenters. The van der Waals surface area contributed by atoms with Crippen molar-refractivity contribution in [3.05, 3.63) is 12.3 Å². The van der Waals surface area contributed by atoms with E-state index in [0.29, 0.717) is 19.4 Å². The van der Waals surface area contributed by atoms with E-state index >= 15 is 0 Å². The molecule has 0 N–H and O–H groups in total. The third kappa shape index (κ3) is 4.90. The fraction of sp³-hybridized carbons (Fsp3) is 0.750. The van der Waals surface area contributed by atoms with Gasteiger partial charge in [-0.1, -0.05) is 0 Å². The summed E-state index contributed by atoms with van der Waals surface area (Å²) in [7, 11) is 0. The average Bonchev–Trinajstić information content (AvgIpc) is 2.35. The van der Waals surface area contributed by atoms with Crippen molar-refractivity contribution in [1.29, 1.82) is 0 Å². The van der Waals surface area contributed by atoms with Crippen molar-refractivity contribution < 1.29 is 19.1 Å². The largest absolute Gasteiger partial charge is 0.463 e. The van der Waals surface area contributed by atoms with Crippen molar-refractivity contribution in [3.63, 3.8) is 0 Å². The van der Waals surface area contributed by atoms with Crippen LogP contribution in [0.3, 0.4) is 0 Å². The topological polar surface area (TPSA) is 55.8 Å². The van der Waals surface area contributed by atoms with Crippen LogP contribution in [0.25, 0.3) is 0 Å². The van der Waals surface area contributed by atoms with Gasteiger partial charge in [0.15, 0.2) is 0 Å². The van der Waals surface area contributed by atoms with E-state index in [1.165, 1.54) is 6.08 Å². The second-order valence-electron chi connectivity index (χ2n) is 6.72. The molecular weight excluding hydrogens is 306 g/mol. The number of nitrogens with zero attached hydrogens (tertiary/aromatic N) is 1. The zero-order valence-corrected chi connectivity index (χ0v) is 14.8. The van der Waals surface area contributed by atoms with Crippen molar-refractivity contribution in [2.75, 3.05) is 12.5 Å². The number of hydrogen-bond donors (Lipinski definition) is 0. The molecule has 0 spiro atoms. The van der Waals surface area contributed by atoms with E-state index in [-0.39, 0.29) is 29.0 Å². The Kier molecular flexibility index (Phi) is 6.29. The van der Waals surface area contributed by atoms with Crippen LogP contribution < -0.4 is 0 Å². The van der Waals surface area contributed by atoms with Crippen molar-refractivity contribution in [1.82, 2.24) is 4.90 Å². The molecule has 0 radical (unpaired) electrons. The highest BCUT2D eigenvalue weighted by Gasteiger charge is 2.45. The molecule has 1 fully saturated rings. The smallest absolute Gasteiger partial charge is 0.332 e. The van der Waals surface area contributed by atoms with Gasteiger partial charge >= 0.3 is 11.9 Å². The number of halogens is 1. The molecule has 0 aromatic heterocycles. The lowest BCUT2D eigenvalue weighted by Crippen LogP contribution is -2.59. The highest BCUT2D eigenvalue weighted by atomic mass is 35.5. The van der Waals surface area contributed by atoms with E-state index < -0.39 is 5.97 Å². The van der Waals surface area contributed by atoms with Gasteiger partial charge in [-0.15, -0.1) is 11.6 Å². The zero-order chi connectivity index (χ0) is 17.0. The Morgan fingerprint density at radius 3 is 2.23 bits per heavy atom. The Labute approximate surface area is 137 Å². The maximum absolute atomic E-state index is 11.5. The standard InChI is InChI=1S/C16H26ClNO4/c1-6-21-13(19)7-8-18-15(2,3)9-12(10-16(18,4)5)22-14(20)11-17/h7-8,12H,6,9-11H2,1-5H3. The lowest BCUT2D eigenvalue weighted by atomic mass is 9.78. The third-order valence-corrected chi connectivity index (χ3v) is 4.03. The minimum absolute atomic E-state index is 0.135. The summed E-state index contributed by atoms with van der Waals surface area (Å²) < 4.78 is 10.3. The lowest BCUT2D eigenvalue weighted by molar-refractivity contribution is -0.154. The molecule has 126 valence electrons. The number of rotatable bonds is 5. The third-order valence-electron chi connectivity index (χ3n) is 3.81. The quantitative estimate of drug-likeness (QED) is 0.440. The normalized spacial score (nSPS) is 20.9. The van der Waals surface area contributed by atoms with Crippen molar-refractivity contribution in [3.8, 4) is 0 Å². The Balaban J connectivity index is 2.87. The average molecular weight is 332 g/mol. The summed E-state index contributed by atoms with van der Waals surface area (Å²) in [6.07, 6.45) is 4.39. The fourth-order valence-electron chi connectivity index (χ4n) is 3.23. The summed E-state index contributed by atoms with van der Waals surface area (Å²) in [5, 5.41) is 0. The zero-order valence-electron chi connectivity index (χ0n) is 14.0. The Bertz CT molecular complexity index is 427. The van der Waals surface area contributed by atoms with Crippen LogP contribution >= 0.6 is 11.6 Å². The number of alkyl halides is 1. The molecule has 1 aliphatic rings. The predicted molar refractivity (Wildman–Crippen MR) is 85.6 cm³/mol. The first-order valence-corrected chi connectivity index (χ1v) is 8.05. The minimum Gasteiger partial charge on any atom is -0.463 e. The second kappa shape index (κ2) is 7.36. The van der Waals surface area contributed by atoms with E-state index in [2.05, 4.69) is 32.6 Å². The monoisotopic (exact) mass is 331 g/mol. The van der Waals surface area contributed by atoms with Gasteiger partial charge in [-0.3, -0.25) is 4.79 Å². The first kappa shape index (κ1) is 18.8. The van der Waals surface area contributed by atoms with Crippen molar-refractivity contribution in [2.45, 2.75) is 64.6 Å². The molecule has 1 aliphatic heterocycles.